The molecule has 2 fully saturated rings. The molecule has 2 aliphatic heterocycles. The minimum atomic E-state index is 0.384. The van der Waals surface area contributed by atoms with Crippen molar-refractivity contribution in [2.75, 3.05) is 50.6 Å². The second-order valence-electron chi connectivity index (χ2n) is 7.86. The summed E-state index contributed by atoms with van der Waals surface area (Å²) in [5, 5.41) is 3.49. The Balaban J connectivity index is 1.29. The van der Waals surface area contributed by atoms with Crippen molar-refractivity contribution in [1.82, 2.24) is 14.9 Å². The molecule has 2 saturated heterocycles. The van der Waals surface area contributed by atoms with Gasteiger partial charge in [-0.3, -0.25) is 4.90 Å². The van der Waals surface area contributed by atoms with Crippen molar-refractivity contribution in [3.63, 3.8) is 0 Å². The van der Waals surface area contributed by atoms with Gasteiger partial charge in [0.25, 0.3) is 0 Å². The summed E-state index contributed by atoms with van der Waals surface area (Å²) in [5.74, 6) is 3.33. The van der Waals surface area contributed by atoms with Crippen LogP contribution in [0.5, 0.6) is 11.5 Å². The lowest BCUT2D eigenvalue weighted by molar-refractivity contribution is 0.152. The van der Waals surface area contributed by atoms with Crippen molar-refractivity contribution < 1.29 is 9.47 Å². The van der Waals surface area contributed by atoms with Crippen molar-refractivity contribution in [3.8, 4) is 11.5 Å². The summed E-state index contributed by atoms with van der Waals surface area (Å²) < 4.78 is 10.7. The summed E-state index contributed by atoms with van der Waals surface area (Å²) in [6.45, 7) is 5.04. The van der Waals surface area contributed by atoms with Gasteiger partial charge < -0.3 is 19.7 Å². The topological polar surface area (TPSA) is 62.8 Å². The number of ether oxygens (including phenoxy) is 2. The molecule has 0 radical (unpaired) electrons. The highest BCUT2D eigenvalue weighted by molar-refractivity contribution is 5.44. The number of rotatable bonds is 7. The van der Waals surface area contributed by atoms with Gasteiger partial charge in [0.05, 0.1) is 20.3 Å². The van der Waals surface area contributed by atoms with Gasteiger partial charge in [-0.2, -0.15) is 4.98 Å². The van der Waals surface area contributed by atoms with Crippen LogP contribution in [-0.4, -0.2) is 61.3 Å². The number of nitrogens with zero attached hydrogens (tertiary/aromatic N) is 4. The summed E-state index contributed by atoms with van der Waals surface area (Å²) in [4.78, 5) is 14.0. The molecule has 0 unspecified atom stereocenters. The normalized spacial score (nSPS) is 18.1. The maximum atomic E-state index is 5.40. The molecule has 2 aromatic rings. The molecule has 1 N–H and O–H groups in total. The molecule has 0 aliphatic carbocycles. The molecule has 7 nitrogen and oxygen atoms in total. The van der Waals surface area contributed by atoms with E-state index in [0.717, 1.165) is 56.0 Å². The highest BCUT2D eigenvalue weighted by atomic mass is 16.5. The smallest absolute Gasteiger partial charge is 0.224 e. The molecule has 3 heterocycles. The molecule has 0 bridgehead atoms. The van der Waals surface area contributed by atoms with Crippen LogP contribution < -0.4 is 19.7 Å². The lowest BCUT2D eigenvalue weighted by atomic mass is 10.1. The average molecular weight is 398 g/mol. The third-order valence-electron chi connectivity index (χ3n) is 5.72. The molecule has 7 heteroatoms. The second kappa shape index (κ2) is 9.31. The number of hydrogen-bond donors (Lipinski definition) is 1. The van der Waals surface area contributed by atoms with Crippen LogP contribution in [0, 0.1) is 0 Å². The van der Waals surface area contributed by atoms with Crippen molar-refractivity contribution in [1.29, 1.82) is 0 Å². The second-order valence-corrected chi connectivity index (χ2v) is 7.86. The van der Waals surface area contributed by atoms with Crippen LogP contribution in [0.15, 0.2) is 30.5 Å². The molecule has 156 valence electrons. The molecule has 2 aliphatic rings. The molecule has 1 aromatic heterocycles. The Kier molecular flexibility index (Phi) is 6.34. The quantitative estimate of drug-likeness (QED) is 0.770. The van der Waals surface area contributed by atoms with Gasteiger partial charge in [-0.05, 0) is 36.6 Å². The Morgan fingerprint density at radius 1 is 1.00 bits per heavy atom. The van der Waals surface area contributed by atoms with E-state index < -0.39 is 0 Å². The van der Waals surface area contributed by atoms with Gasteiger partial charge in [0.2, 0.25) is 5.95 Å². The molecule has 0 atom stereocenters. The molecule has 0 saturated carbocycles. The standard InChI is InChI=1S/C22H31N5O2/c1-28-19-8-7-17(13-20(19)29-2)14-26-15-18(16-26)24-22-23-10-9-21(25-22)27-11-5-3-4-6-12-27/h7-10,13,18H,3-6,11-12,14-16H2,1-2H3,(H,23,24,25). The molecule has 0 spiro atoms. The monoisotopic (exact) mass is 397 g/mol. The summed E-state index contributed by atoms with van der Waals surface area (Å²) in [7, 11) is 3.33. The number of aromatic nitrogens is 2. The Bertz CT molecular complexity index is 802. The highest BCUT2D eigenvalue weighted by Gasteiger charge is 2.27. The fourth-order valence-corrected chi connectivity index (χ4v) is 4.10. The minimum Gasteiger partial charge on any atom is -0.493 e. The van der Waals surface area contributed by atoms with E-state index in [9.17, 15) is 0 Å². The molecule has 29 heavy (non-hydrogen) atoms. The molecular formula is C22H31N5O2. The molecule has 0 amide bonds. The minimum absolute atomic E-state index is 0.384. The maximum absolute atomic E-state index is 5.40. The van der Waals surface area contributed by atoms with Crippen molar-refractivity contribution in [2.45, 2.75) is 38.3 Å². The SMILES string of the molecule is COc1ccc(CN2CC(Nc3nccc(N4CCCCCC4)n3)C2)cc1OC. The van der Waals surface area contributed by atoms with Gasteiger partial charge >= 0.3 is 0 Å². The van der Waals surface area contributed by atoms with E-state index in [-0.39, 0.29) is 0 Å². The van der Waals surface area contributed by atoms with E-state index in [4.69, 9.17) is 14.5 Å². The Labute approximate surface area is 173 Å². The summed E-state index contributed by atoms with van der Waals surface area (Å²) in [5.41, 5.74) is 1.22. The first-order chi connectivity index (χ1) is 14.2. The third-order valence-corrected chi connectivity index (χ3v) is 5.72. The van der Waals surface area contributed by atoms with Crippen LogP contribution in [0.25, 0.3) is 0 Å². The van der Waals surface area contributed by atoms with Gasteiger partial charge in [-0.1, -0.05) is 18.9 Å². The average Bonchev–Trinajstić information content (AvgIpc) is 3.02. The Morgan fingerprint density at radius 2 is 1.76 bits per heavy atom. The first kappa shape index (κ1) is 19.8. The summed E-state index contributed by atoms with van der Waals surface area (Å²) in [6, 6.07) is 8.52. The first-order valence-electron chi connectivity index (χ1n) is 10.5. The predicted octanol–water partition coefficient (Wildman–Crippen LogP) is 3.17. The number of nitrogens with one attached hydrogen (secondary N) is 1. The van der Waals surface area contributed by atoms with Crippen LogP contribution >= 0.6 is 0 Å². The lowest BCUT2D eigenvalue weighted by Gasteiger charge is -2.39. The third kappa shape index (κ3) is 4.90. The van der Waals surface area contributed by atoms with E-state index in [1.807, 2.05) is 24.4 Å². The number of methoxy groups -OCH3 is 2. The lowest BCUT2D eigenvalue weighted by Crippen LogP contribution is -2.54. The van der Waals surface area contributed by atoms with E-state index in [1.165, 1.54) is 31.2 Å². The number of anilines is 2. The van der Waals surface area contributed by atoms with Crippen LogP contribution in [0.2, 0.25) is 0 Å². The fourth-order valence-electron chi connectivity index (χ4n) is 4.10. The van der Waals surface area contributed by atoms with E-state index in [1.54, 1.807) is 14.2 Å². The summed E-state index contributed by atoms with van der Waals surface area (Å²) >= 11 is 0. The molecule has 1 aromatic carbocycles. The van der Waals surface area contributed by atoms with Crippen LogP contribution in [0.1, 0.15) is 31.2 Å². The highest BCUT2D eigenvalue weighted by Crippen LogP contribution is 2.29. The predicted molar refractivity (Wildman–Crippen MR) is 115 cm³/mol. The zero-order valence-corrected chi connectivity index (χ0v) is 17.4. The van der Waals surface area contributed by atoms with Gasteiger partial charge in [0.15, 0.2) is 11.5 Å². The number of hydrogen-bond acceptors (Lipinski definition) is 7. The van der Waals surface area contributed by atoms with E-state index in [0.29, 0.717) is 6.04 Å². The zero-order valence-electron chi connectivity index (χ0n) is 17.4. The largest absolute Gasteiger partial charge is 0.493 e. The van der Waals surface area contributed by atoms with Crippen LogP contribution in [-0.2, 0) is 6.54 Å². The fraction of sp³-hybridized carbons (Fsp3) is 0.545. The zero-order chi connectivity index (χ0) is 20.1. The van der Waals surface area contributed by atoms with Gasteiger partial charge in [-0.15, -0.1) is 0 Å². The Hall–Kier alpha value is -2.54. The van der Waals surface area contributed by atoms with Crippen LogP contribution in [0.4, 0.5) is 11.8 Å². The van der Waals surface area contributed by atoms with Crippen LogP contribution in [0.3, 0.4) is 0 Å². The molecular weight excluding hydrogens is 366 g/mol. The number of benzene rings is 1. The van der Waals surface area contributed by atoms with Gasteiger partial charge in [0.1, 0.15) is 5.82 Å². The van der Waals surface area contributed by atoms with Crippen molar-refractivity contribution >= 4 is 11.8 Å². The van der Waals surface area contributed by atoms with Gasteiger partial charge in [-0.25, -0.2) is 4.98 Å². The van der Waals surface area contributed by atoms with Gasteiger partial charge in [0, 0.05) is 38.9 Å². The van der Waals surface area contributed by atoms with E-state index >= 15 is 0 Å². The van der Waals surface area contributed by atoms with E-state index in [2.05, 4.69) is 26.2 Å². The van der Waals surface area contributed by atoms with Crippen molar-refractivity contribution in [2.24, 2.45) is 0 Å². The summed E-state index contributed by atoms with van der Waals surface area (Å²) in [6.07, 6.45) is 7.02. The number of likely N-dealkylation sites (tertiary alicyclic amines) is 1. The van der Waals surface area contributed by atoms with Crippen molar-refractivity contribution in [3.05, 3.63) is 36.0 Å². The first-order valence-corrected chi connectivity index (χ1v) is 10.5. The Morgan fingerprint density at radius 3 is 2.48 bits per heavy atom. The maximum Gasteiger partial charge on any atom is 0.224 e. The molecule has 4 rings (SSSR count).